The van der Waals surface area contributed by atoms with Crippen molar-refractivity contribution in [2.24, 2.45) is 0 Å². The first-order valence-electron chi connectivity index (χ1n) is 7.54. The molecule has 2 aromatic heterocycles. The Morgan fingerprint density at radius 3 is 2.09 bits per heavy atom. The largest absolute Gasteiger partial charge is 0.302 e. The topological polar surface area (TPSA) is 22.8 Å². The van der Waals surface area contributed by atoms with E-state index in [1.807, 2.05) is 46.8 Å². The van der Waals surface area contributed by atoms with Crippen LogP contribution in [0.1, 0.15) is 30.9 Å². The van der Waals surface area contributed by atoms with Crippen LogP contribution in [0.4, 0.5) is 4.39 Å². The van der Waals surface area contributed by atoms with Crippen LogP contribution in [0.25, 0.3) is 11.5 Å². The van der Waals surface area contributed by atoms with Gasteiger partial charge in [-0.2, -0.15) is 0 Å². The normalized spacial score (nSPS) is 10.3. The zero-order valence-corrected chi connectivity index (χ0v) is 13.8. The van der Waals surface area contributed by atoms with E-state index in [1.54, 1.807) is 10.7 Å². The zero-order valence-electron chi connectivity index (χ0n) is 13.8. The van der Waals surface area contributed by atoms with Gasteiger partial charge in [-0.25, -0.2) is 9.07 Å². The average Bonchev–Trinajstić information content (AvgIpc) is 3.04. The minimum absolute atomic E-state index is 0.257. The van der Waals surface area contributed by atoms with E-state index in [0.717, 1.165) is 28.6 Å². The fourth-order valence-corrected chi connectivity index (χ4v) is 2.47. The number of benzene rings is 1. The molecule has 0 aliphatic carbocycles. The molecule has 0 radical (unpaired) electrons. The smallest absolute Gasteiger partial charge is 0.159 e. The lowest BCUT2D eigenvalue weighted by Gasteiger charge is -2.06. The maximum absolute atomic E-state index is 13.3. The standard InChI is InChI=1S/C16H16FN3.C2H6/c1-11-7-8-12(2)19(11)16-9-13(3)20(18-16)15-6-4-5-14(17)10-15;1-2/h4-10H,1-3H3;1-2H3. The average molecular weight is 299 g/mol. The van der Waals surface area contributed by atoms with Gasteiger partial charge in [0.05, 0.1) is 5.69 Å². The van der Waals surface area contributed by atoms with Gasteiger partial charge in [0.2, 0.25) is 0 Å². The fraction of sp³-hybridized carbons (Fsp3) is 0.278. The molecule has 0 N–H and O–H groups in total. The first-order valence-corrected chi connectivity index (χ1v) is 7.54. The van der Waals surface area contributed by atoms with Crippen LogP contribution in [-0.4, -0.2) is 14.3 Å². The Balaban J connectivity index is 0.000000847. The van der Waals surface area contributed by atoms with Crippen LogP contribution in [0.15, 0.2) is 42.5 Å². The Labute approximate surface area is 131 Å². The molecule has 0 amide bonds. The van der Waals surface area contributed by atoms with Gasteiger partial charge in [-0.15, -0.1) is 5.10 Å². The van der Waals surface area contributed by atoms with Gasteiger partial charge in [0.15, 0.2) is 5.82 Å². The third-order valence-electron chi connectivity index (χ3n) is 3.43. The summed E-state index contributed by atoms with van der Waals surface area (Å²) in [7, 11) is 0. The molecule has 22 heavy (non-hydrogen) atoms. The summed E-state index contributed by atoms with van der Waals surface area (Å²) < 4.78 is 17.2. The lowest BCUT2D eigenvalue weighted by molar-refractivity contribution is 0.625. The number of aromatic nitrogens is 3. The number of hydrogen-bond donors (Lipinski definition) is 0. The fourth-order valence-electron chi connectivity index (χ4n) is 2.47. The van der Waals surface area contributed by atoms with Gasteiger partial charge >= 0.3 is 0 Å². The molecule has 1 aromatic carbocycles. The number of nitrogens with zero attached hydrogens (tertiary/aromatic N) is 3. The van der Waals surface area contributed by atoms with Crippen LogP contribution < -0.4 is 0 Å². The van der Waals surface area contributed by atoms with E-state index in [0.29, 0.717) is 0 Å². The van der Waals surface area contributed by atoms with Gasteiger partial charge < -0.3 is 4.57 Å². The van der Waals surface area contributed by atoms with Crippen LogP contribution in [0.3, 0.4) is 0 Å². The van der Waals surface area contributed by atoms with Crippen LogP contribution in [-0.2, 0) is 0 Å². The highest BCUT2D eigenvalue weighted by Crippen LogP contribution is 2.19. The molecule has 0 aliphatic heterocycles. The lowest BCUT2D eigenvalue weighted by atomic mass is 10.3. The molecule has 3 rings (SSSR count). The first-order chi connectivity index (χ1) is 10.6. The minimum Gasteiger partial charge on any atom is -0.302 e. The minimum atomic E-state index is -0.257. The molecule has 0 atom stereocenters. The van der Waals surface area contributed by atoms with Crippen LogP contribution in [0, 0.1) is 26.6 Å². The highest BCUT2D eigenvalue weighted by molar-refractivity contribution is 5.38. The molecule has 0 unspecified atom stereocenters. The summed E-state index contributed by atoms with van der Waals surface area (Å²) in [5.41, 5.74) is 3.96. The first kappa shape index (κ1) is 16.0. The van der Waals surface area contributed by atoms with Crippen molar-refractivity contribution in [3.63, 3.8) is 0 Å². The monoisotopic (exact) mass is 299 g/mol. The lowest BCUT2D eigenvalue weighted by Crippen LogP contribution is -2.03. The van der Waals surface area contributed by atoms with Gasteiger partial charge in [-0.1, -0.05) is 19.9 Å². The van der Waals surface area contributed by atoms with E-state index < -0.39 is 0 Å². The molecule has 0 saturated carbocycles. The quantitative estimate of drug-likeness (QED) is 0.669. The summed E-state index contributed by atoms with van der Waals surface area (Å²) >= 11 is 0. The Morgan fingerprint density at radius 2 is 1.50 bits per heavy atom. The summed E-state index contributed by atoms with van der Waals surface area (Å²) in [6.45, 7) is 10.1. The second-order valence-corrected chi connectivity index (χ2v) is 4.99. The molecule has 0 fully saturated rings. The van der Waals surface area contributed by atoms with Crippen molar-refractivity contribution in [2.75, 3.05) is 0 Å². The highest BCUT2D eigenvalue weighted by atomic mass is 19.1. The predicted molar refractivity (Wildman–Crippen MR) is 88.4 cm³/mol. The van der Waals surface area contributed by atoms with Gasteiger partial charge in [-0.05, 0) is 51.1 Å². The Morgan fingerprint density at radius 1 is 0.864 bits per heavy atom. The molecular formula is C18H22FN3. The molecule has 0 bridgehead atoms. The van der Waals surface area contributed by atoms with E-state index in [2.05, 4.69) is 21.8 Å². The van der Waals surface area contributed by atoms with Crippen molar-refractivity contribution in [1.82, 2.24) is 14.3 Å². The highest BCUT2D eigenvalue weighted by Gasteiger charge is 2.11. The van der Waals surface area contributed by atoms with Crippen LogP contribution >= 0.6 is 0 Å². The number of hydrogen-bond acceptors (Lipinski definition) is 1. The Kier molecular flexibility index (Phi) is 4.81. The second kappa shape index (κ2) is 6.60. The molecular weight excluding hydrogens is 277 g/mol. The molecule has 0 saturated heterocycles. The molecule has 3 nitrogen and oxygen atoms in total. The van der Waals surface area contributed by atoms with Crippen molar-refractivity contribution in [3.05, 3.63) is 65.4 Å². The summed E-state index contributed by atoms with van der Waals surface area (Å²) in [4.78, 5) is 0. The van der Waals surface area contributed by atoms with E-state index in [9.17, 15) is 4.39 Å². The third-order valence-corrected chi connectivity index (χ3v) is 3.43. The van der Waals surface area contributed by atoms with Crippen molar-refractivity contribution in [3.8, 4) is 11.5 Å². The molecule has 3 aromatic rings. The van der Waals surface area contributed by atoms with Crippen molar-refractivity contribution < 1.29 is 4.39 Å². The van der Waals surface area contributed by atoms with Gasteiger partial charge in [0.1, 0.15) is 5.82 Å². The van der Waals surface area contributed by atoms with Crippen molar-refractivity contribution in [2.45, 2.75) is 34.6 Å². The summed E-state index contributed by atoms with van der Waals surface area (Å²) in [6.07, 6.45) is 0. The molecule has 0 spiro atoms. The number of rotatable bonds is 2. The van der Waals surface area contributed by atoms with Gasteiger partial charge in [0, 0.05) is 23.1 Å². The van der Waals surface area contributed by atoms with E-state index >= 15 is 0 Å². The van der Waals surface area contributed by atoms with E-state index in [4.69, 9.17) is 0 Å². The molecule has 0 aliphatic rings. The SMILES string of the molecule is CC.Cc1cc(-n2c(C)ccc2C)nn1-c1cccc(F)c1. The zero-order chi connectivity index (χ0) is 16.3. The predicted octanol–water partition coefficient (Wildman–Crippen LogP) is 4.75. The maximum atomic E-state index is 13.3. The summed E-state index contributed by atoms with van der Waals surface area (Å²) in [5, 5.41) is 4.60. The van der Waals surface area contributed by atoms with Crippen LogP contribution in [0.5, 0.6) is 0 Å². The Bertz CT molecular complexity index is 749. The van der Waals surface area contributed by atoms with Crippen molar-refractivity contribution in [1.29, 1.82) is 0 Å². The van der Waals surface area contributed by atoms with Gasteiger partial charge in [-0.3, -0.25) is 0 Å². The number of aryl methyl sites for hydroxylation is 3. The molecule has 116 valence electrons. The van der Waals surface area contributed by atoms with E-state index in [-0.39, 0.29) is 5.82 Å². The summed E-state index contributed by atoms with van der Waals surface area (Å²) in [5.74, 6) is 0.596. The van der Waals surface area contributed by atoms with E-state index in [1.165, 1.54) is 12.1 Å². The summed E-state index contributed by atoms with van der Waals surface area (Å²) in [6, 6.07) is 12.6. The molecule has 2 heterocycles. The second-order valence-electron chi connectivity index (χ2n) is 4.99. The van der Waals surface area contributed by atoms with Gasteiger partial charge in [0.25, 0.3) is 0 Å². The maximum Gasteiger partial charge on any atom is 0.159 e. The molecule has 4 heteroatoms. The third kappa shape index (κ3) is 2.96. The number of halogens is 1. The van der Waals surface area contributed by atoms with Crippen molar-refractivity contribution >= 4 is 0 Å². The van der Waals surface area contributed by atoms with Crippen LogP contribution in [0.2, 0.25) is 0 Å². The Hall–Kier alpha value is -2.36.